The number of hydrogen-bond acceptors (Lipinski definition) is 0. The lowest BCUT2D eigenvalue weighted by molar-refractivity contribution is 0.542. The highest BCUT2D eigenvalue weighted by atomic mass is 19.1. The fourth-order valence-electron chi connectivity index (χ4n) is 3.93. The van der Waals surface area contributed by atoms with Crippen molar-refractivity contribution >= 4 is 5.57 Å². The lowest BCUT2D eigenvalue weighted by Crippen LogP contribution is -2.11. The van der Waals surface area contributed by atoms with Gasteiger partial charge in [-0.3, -0.25) is 0 Å². The molecule has 0 fully saturated rings. The molecule has 0 N–H and O–H groups in total. The highest BCUT2D eigenvalue weighted by Crippen LogP contribution is 2.40. The summed E-state index contributed by atoms with van der Waals surface area (Å²) in [5, 5.41) is 0. The molecule has 0 spiro atoms. The summed E-state index contributed by atoms with van der Waals surface area (Å²) in [4.78, 5) is 0. The lowest BCUT2D eigenvalue weighted by Gasteiger charge is -2.27. The maximum absolute atomic E-state index is 15.4. The molecule has 0 bridgehead atoms. The average Bonchev–Trinajstić information content (AvgIpc) is 2.61. The first-order chi connectivity index (χ1) is 11.8. The van der Waals surface area contributed by atoms with Crippen LogP contribution in [0.2, 0.25) is 0 Å². The first-order valence-electron chi connectivity index (χ1n) is 10.3. The Morgan fingerprint density at radius 1 is 0.840 bits per heavy atom. The summed E-state index contributed by atoms with van der Waals surface area (Å²) in [6.07, 6.45) is 8.12. The molecule has 1 atom stereocenters. The van der Waals surface area contributed by atoms with Gasteiger partial charge in [-0.15, -0.1) is 0 Å². The number of halogens is 1. The van der Waals surface area contributed by atoms with Gasteiger partial charge in [-0.05, 0) is 94.0 Å². The van der Waals surface area contributed by atoms with Crippen LogP contribution in [-0.2, 0) is 0 Å². The van der Waals surface area contributed by atoms with Gasteiger partial charge < -0.3 is 0 Å². The Balaban J connectivity index is 3.63. The molecule has 1 aromatic rings. The van der Waals surface area contributed by atoms with Gasteiger partial charge in [-0.2, -0.15) is 0 Å². The van der Waals surface area contributed by atoms with Crippen molar-refractivity contribution in [1.29, 1.82) is 0 Å². The zero-order valence-electron chi connectivity index (χ0n) is 17.9. The Morgan fingerprint density at radius 2 is 1.40 bits per heavy atom. The SMILES string of the molecule is CCCC/C(C)=C(\c1c(C)c(C)c(C)c(C)c1F)C(CC)CCCC. The highest BCUT2D eigenvalue weighted by molar-refractivity contribution is 5.75. The summed E-state index contributed by atoms with van der Waals surface area (Å²) < 4.78 is 15.4. The summed E-state index contributed by atoms with van der Waals surface area (Å²) in [7, 11) is 0. The van der Waals surface area contributed by atoms with Crippen molar-refractivity contribution in [2.45, 2.75) is 100 Å². The number of rotatable bonds is 9. The molecule has 25 heavy (non-hydrogen) atoms. The second-order valence-corrected chi connectivity index (χ2v) is 7.73. The van der Waals surface area contributed by atoms with Crippen molar-refractivity contribution in [2.24, 2.45) is 5.92 Å². The van der Waals surface area contributed by atoms with Crippen molar-refractivity contribution in [3.63, 3.8) is 0 Å². The number of allylic oxidation sites excluding steroid dienone is 2. The summed E-state index contributed by atoms with van der Waals surface area (Å²) in [5.41, 5.74) is 7.94. The van der Waals surface area contributed by atoms with E-state index in [1.54, 1.807) is 0 Å². The fourth-order valence-corrected chi connectivity index (χ4v) is 3.93. The molecule has 1 unspecified atom stereocenters. The lowest BCUT2D eigenvalue weighted by atomic mass is 9.79. The largest absolute Gasteiger partial charge is 0.206 e. The second-order valence-electron chi connectivity index (χ2n) is 7.73. The third-order valence-electron chi connectivity index (χ3n) is 6.05. The van der Waals surface area contributed by atoms with Crippen molar-refractivity contribution in [3.8, 4) is 0 Å². The van der Waals surface area contributed by atoms with E-state index in [9.17, 15) is 0 Å². The molecule has 0 aliphatic rings. The smallest absolute Gasteiger partial charge is 0.134 e. The van der Waals surface area contributed by atoms with Gasteiger partial charge in [0.2, 0.25) is 0 Å². The Bertz CT molecular complexity index is 578. The fraction of sp³-hybridized carbons (Fsp3) is 0.667. The molecule has 0 heterocycles. The van der Waals surface area contributed by atoms with Crippen LogP contribution in [0.25, 0.3) is 5.57 Å². The van der Waals surface area contributed by atoms with E-state index < -0.39 is 0 Å². The second kappa shape index (κ2) is 10.1. The van der Waals surface area contributed by atoms with E-state index in [0.717, 1.165) is 41.5 Å². The van der Waals surface area contributed by atoms with Crippen molar-refractivity contribution in [3.05, 3.63) is 39.2 Å². The molecule has 0 aliphatic heterocycles. The van der Waals surface area contributed by atoms with Crippen LogP contribution in [-0.4, -0.2) is 0 Å². The highest BCUT2D eigenvalue weighted by Gasteiger charge is 2.24. The van der Waals surface area contributed by atoms with Crippen molar-refractivity contribution in [2.75, 3.05) is 0 Å². The van der Waals surface area contributed by atoms with Crippen LogP contribution in [0.1, 0.15) is 100 Å². The van der Waals surface area contributed by atoms with Crippen LogP contribution in [0.5, 0.6) is 0 Å². The number of hydrogen-bond donors (Lipinski definition) is 0. The van der Waals surface area contributed by atoms with Crippen molar-refractivity contribution < 1.29 is 4.39 Å². The zero-order chi connectivity index (χ0) is 19.1. The van der Waals surface area contributed by atoms with Gasteiger partial charge in [0, 0.05) is 5.56 Å². The van der Waals surface area contributed by atoms with Gasteiger partial charge in [0.05, 0.1) is 0 Å². The molecular weight excluding hydrogens is 307 g/mol. The third kappa shape index (κ3) is 4.96. The zero-order valence-corrected chi connectivity index (χ0v) is 17.9. The summed E-state index contributed by atoms with van der Waals surface area (Å²) in [6.45, 7) is 17.2. The number of benzene rings is 1. The first-order valence-corrected chi connectivity index (χ1v) is 10.3. The van der Waals surface area contributed by atoms with Gasteiger partial charge in [-0.1, -0.05) is 45.6 Å². The number of unbranched alkanes of at least 4 members (excludes halogenated alkanes) is 2. The van der Waals surface area contributed by atoms with Gasteiger partial charge in [0.15, 0.2) is 0 Å². The van der Waals surface area contributed by atoms with E-state index in [4.69, 9.17) is 0 Å². The van der Waals surface area contributed by atoms with E-state index >= 15 is 4.39 Å². The minimum Gasteiger partial charge on any atom is -0.206 e. The first kappa shape index (κ1) is 21.9. The predicted molar refractivity (Wildman–Crippen MR) is 111 cm³/mol. The normalized spacial score (nSPS) is 13.8. The molecule has 0 saturated heterocycles. The van der Waals surface area contributed by atoms with Gasteiger partial charge in [0.1, 0.15) is 5.82 Å². The van der Waals surface area contributed by atoms with E-state index in [-0.39, 0.29) is 5.82 Å². The molecular formula is C24H39F. The maximum atomic E-state index is 15.4. The molecule has 1 heteroatoms. The molecule has 1 rings (SSSR count). The summed E-state index contributed by atoms with van der Waals surface area (Å²) in [5.74, 6) is 0.480. The van der Waals surface area contributed by atoms with E-state index in [2.05, 4.69) is 41.5 Å². The molecule has 0 amide bonds. The molecule has 142 valence electrons. The Kier molecular flexibility index (Phi) is 8.89. The van der Waals surface area contributed by atoms with Crippen LogP contribution >= 0.6 is 0 Å². The predicted octanol–water partition coefficient (Wildman–Crippen LogP) is 8.24. The van der Waals surface area contributed by atoms with Crippen LogP contribution < -0.4 is 0 Å². The maximum Gasteiger partial charge on any atom is 0.134 e. The molecule has 0 aliphatic carbocycles. The van der Waals surface area contributed by atoms with Gasteiger partial charge in [0.25, 0.3) is 0 Å². The molecule has 0 radical (unpaired) electrons. The van der Waals surface area contributed by atoms with E-state index in [0.29, 0.717) is 5.92 Å². The van der Waals surface area contributed by atoms with Crippen molar-refractivity contribution in [1.82, 2.24) is 0 Å². The Hall–Kier alpha value is -1.11. The topological polar surface area (TPSA) is 0 Å². The summed E-state index contributed by atoms with van der Waals surface area (Å²) in [6, 6.07) is 0. The van der Waals surface area contributed by atoms with E-state index in [1.807, 2.05) is 13.8 Å². The Morgan fingerprint density at radius 3 is 1.92 bits per heavy atom. The third-order valence-corrected chi connectivity index (χ3v) is 6.05. The van der Waals surface area contributed by atoms with Crippen LogP contribution in [0.15, 0.2) is 5.57 Å². The molecule has 1 aromatic carbocycles. The van der Waals surface area contributed by atoms with Gasteiger partial charge >= 0.3 is 0 Å². The molecule has 0 nitrogen and oxygen atoms in total. The Labute approximate surface area is 155 Å². The van der Waals surface area contributed by atoms with Crippen LogP contribution in [0, 0.1) is 39.4 Å². The van der Waals surface area contributed by atoms with E-state index in [1.165, 1.54) is 42.4 Å². The quantitative estimate of drug-likeness (QED) is 0.422. The molecule has 0 aromatic heterocycles. The minimum absolute atomic E-state index is 0.0152. The van der Waals surface area contributed by atoms with Gasteiger partial charge in [-0.25, -0.2) is 4.39 Å². The van der Waals surface area contributed by atoms with Crippen LogP contribution in [0.4, 0.5) is 4.39 Å². The van der Waals surface area contributed by atoms with Crippen LogP contribution in [0.3, 0.4) is 0 Å². The standard InChI is InChI=1S/C24H39F/c1-9-12-14-16(4)22(21(11-3)15-13-10-2)23-19(7)17(5)18(6)20(8)24(23)25/h21H,9-15H2,1-8H3/b22-16-. The average molecular weight is 347 g/mol. The molecule has 0 saturated carbocycles. The monoisotopic (exact) mass is 346 g/mol. The summed E-state index contributed by atoms with van der Waals surface area (Å²) >= 11 is 0. The minimum atomic E-state index is 0.0152.